The van der Waals surface area contributed by atoms with Gasteiger partial charge in [0.2, 0.25) is 0 Å². The van der Waals surface area contributed by atoms with E-state index in [4.69, 9.17) is 0 Å². The molecule has 1 atom stereocenters. The van der Waals surface area contributed by atoms with Gasteiger partial charge in [0.25, 0.3) is 0 Å². The molecule has 0 amide bonds. The molecular weight excluding hydrogens is 206 g/mol. The summed E-state index contributed by atoms with van der Waals surface area (Å²) in [5, 5.41) is 3.53. The molecule has 1 aromatic heterocycles. The first-order valence-corrected chi connectivity index (χ1v) is 6.60. The molecule has 1 saturated heterocycles. The Morgan fingerprint density at radius 3 is 3.13 bits per heavy atom. The van der Waals surface area contributed by atoms with Gasteiger partial charge in [-0.25, -0.2) is 9.97 Å². The number of thioether (sulfide) groups is 1. The average molecular weight is 223 g/mol. The van der Waals surface area contributed by atoms with Crippen LogP contribution < -0.4 is 5.32 Å². The Bertz CT molecular complexity index is 335. The Morgan fingerprint density at radius 1 is 1.60 bits per heavy atom. The van der Waals surface area contributed by atoms with E-state index < -0.39 is 0 Å². The summed E-state index contributed by atoms with van der Waals surface area (Å²) < 4.78 is 0. The number of aromatic nitrogens is 2. The monoisotopic (exact) mass is 223 g/mol. The van der Waals surface area contributed by atoms with Crippen LogP contribution in [0.3, 0.4) is 0 Å². The second kappa shape index (κ2) is 4.94. The Hall–Kier alpha value is -0.610. The molecule has 4 heteroatoms. The summed E-state index contributed by atoms with van der Waals surface area (Å²) in [5.41, 5.74) is 2.48. The summed E-state index contributed by atoms with van der Waals surface area (Å²) in [5.74, 6) is 3.21. The number of nitrogens with zero attached hydrogens (tertiary/aromatic N) is 2. The normalized spacial score (nSPS) is 21.6. The fourth-order valence-corrected chi connectivity index (χ4v) is 2.77. The third kappa shape index (κ3) is 2.49. The smallest absolute Gasteiger partial charge is 0.125 e. The van der Waals surface area contributed by atoms with Gasteiger partial charge in [0.1, 0.15) is 5.82 Å². The van der Waals surface area contributed by atoms with Gasteiger partial charge in [0.05, 0.1) is 11.7 Å². The molecule has 0 saturated carbocycles. The van der Waals surface area contributed by atoms with Crippen molar-refractivity contribution in [3.63, 3.8) is 0 Å². The van der Waals surface area contributed by atoms with Gasteiger partial charge in [-0.05, 0) is 18.9 Å². The van der Waals surface area contributed by atoms with Crippen LogP contribution >= 0.6 is 11.8 Å². The maximum atomic E-state index is 4.58. The highest BCUT2D eigenvalue weighted by molar-refractivity contribution is 7.99. The minimum absolute atomic E-state index is 0.417. The molecule has 0 radical (unpaired) electrons. The Kier molecular flexibility index (Phi) is 3.59. The number of hydrogen-bond donors (Lipinski definition) is 1. The van der Waals surface area contributed by atoms with Crippen LogP contribution in [0.4, 0.5) is 0 Å². The minimum atomic E-state index is 0.417. The molecule has 0 bridgehead atoms. The maximum Gasteiger partial charge on any atom is 0.125 e. The van der Waals surface area contributed by atoms with Crippen molar-refractivity contribution in [3.05, 3.63) is 23.3 Å². The summed E-state index contributed by atoms with van der Waals surface area (Å²) in [6, 6.07) is 0.417. The van der Waals surface area contributed by atoms with Crippen LogP contribution in [-0.4, -0.2) is 28.0 Å². The quantitative estimate of drug-likeness (QED) is 0.828. The minimum Gasteiger partial charge on any atom is -0.307 e. The van der Waals surface area contributed by atoms with E-state index in [1.54, 1.807) is 0 Å². The molecule has 3 nitrogen and oxygen atoms in total. The van der Waals surface area contributed by atoms with E-state index in [0.29, 0.717) is 6.04 Å². The third-order valence-electron chi connectivity index (χ3n) is 2.65. The first-order chi connectivity index (χ1) is 7.31. The molecule has 1 aromatic rings. The van der Waals surface area contributed by atoms with Crippen LogP contribution in [0.2, 0.25) is 0 Å². The summed E-state index contributed by atoms with van der Waals surface area (Å²) in [4.78, 5) is 8.84. The number of rotatable bonds is 2. The van der Waals surface area contributed by atoms with Gasteiger partial charge >= 0.3 is 0 Å². The van der Waals surface area contributed by atoms with Crippen molar-refractivity contribution in [1.29, 1.82) is 0 Å². The zero-order valence-electron chi connectivity index (χ0n) is 9.29. The van der Waals surface area contributed by atoms with Crippen LogP contribution in [-0.2, 0) is 6.42 Å². The molecule has 82 valence electrons. The summed E-state index contributed by atoms with van der Waals surface area (Å²) in [6.45, 7) is 5.20. The van der Waals surface area contributed by atoms with Crippen molar-refractivity contribution in [2.24, 2.45) is 0 Å². The van der Waals surface area contributed by atoms with E-state index in [0.717, 1.165) is 24.5 Å². The van der Waals surface area contributed by atoms with Gasteiger partial charge < -0.3 is 5.32 Å². The van der Waals surface area contributed by atoms with E-state index in [1.165, 1.54) is 17.0 Å². The van der Waals surface area contributed by atoms with Crippen molar-refractivity contribution >= 4 is 11.8 Å². The van der Waals surface area contributed by atoms with Crippen molar-refractivity contribution in [2.45, 2.75) is 26.3 Å². The van der Waals surface area contributed by atoms with Crippen molar-refractivity contribution < 1.29 is 0 Å². The fraction of sp³-hybridized carbons (Fsp3) is 0.636. The van der Waals surface area contributed by atoms with Gasteiger partial charge in [-0.3, -0.25) is 0 Å². The topological polar surface area (TPSA) is 37.8 Å². The van der Waals surface area contributed by atoms with E-state index in [9.17, 15) is 0 Å². The average Bonchev–Trinajstić information content (AvgIpc) is 2.30. The highest BCUT2D eigenvalue weighted by Crippen LogP contribution is 2.23. The predicted molar refractivity (Wildman–Crippen MR) is 64.2 cm³/mol. The number of hydrogen-bond acceptors (Lipinski definition) is 4. The van der Waals surface area contributed by atoms with Gasteiger partial charge in [0, 0.05) is 24.2 Å². The lowest BCUT2D eigenvalue weighted by Gasteiger charge is -2.24. The maximum absolute atomic E-state index is 4.58. The molecule has 15 heavy (non-hydrogen) atoms. The Balaban J connectivity index is 2.27. The molecule has 1 fully saturated rings. The van der Waals surface area contributed by atoms with Crippen molar-refractivity contribution in [1.82, 2.24) is 15.3 Å². The zero-order valence-corrected chi connectivity index (χ0v) is 10.1. The highest BCUT2D eigenvalue weighted by atomic mass is 32.2. The lowest BCUT2D eigenvalue weighted by atomic mass is 10.1. The fourth-order valence-electron chi connectivity index (χ4n) is 1.83. The lowest BCUT2D eigenvalue weighted by molar-refractivity contribution is 0.571. The van der Waals surface area contributed by atoms with Crippen LogP contribution in [0.15, 0.2) is 6.20 Å². The van der Waals surface area contributed by atoms with Crippen LogP contribution in [0.1, 0.15) is 30.0 Å². The molecule has 2 rings (SSSR count). The standard InChI is InChI=1S/C11H17N3S/c1-3-9-6-13-8(2)14-11(9)10-7-15-5-4-12-10/h6,10,12H,3-5,7H2,1-2H3. The van der Waals surface area contributed by atoms with Crippen LogP contribution in [0.25, 0.3) is 0 Å². The Labute approximate surface area is 95.1 Å². The second-order valence-electron chi connectivity index (χ2n) is 3.76. The van der Waals surface area contributed by atoms with Crippen LogP contribution in [0, 0.1) is 6.92 Å². The summed E-state index contributed by atoms with van der Waals surface area (Å²) in [7, 11) is 0. The van der Waals surface area contributed by atoms with Crippen molar-refractivity contribution in [2.75, 3.05) is 18.1 Å². The van der Waals surface area contributed by atoms with E-state index in [1.807, 2.05) is 24.9 Å². The zero-order chi connectivity index (χ0) is 10.7. The molecule has 2 heterocycles. The molecular formula is C11H17N3S. The third-order valence-corrected chi connectivity index (χ3v) is 3.71. The van der Waals surface area contributed by atoms with E-state index >= 15 is 0 Å². The lowest BCUT2D eigenvalue weighted by Crippen LogP contribution is -2.31. The molecule has 1 N–H and O–H groups in total. The Morgan fingerprint density at radius 2 is 2.47 bits per heavy atom. The first-order valence-electron chi connectivity index (χ1n) is 5.44. The molecule has 0 aliphatic carbocycles. The van der Waals surface area contributed by atoms with Gasteiger partial charge in [-0.2, -0.15) is 11.8 Å². The second-order valence-corrected chi connectivity index (χ2v) is 4.91. The molecule has 1 aliphatic heterocycles. The summed E-state index contributed by atoms with van der Waals surface area (Å²) >= 11 is 2.00. The molecule has 1 unspecified atom stereocenters. The first kappa shape index (κ1) is 10.9. The predicted octanol–water partition coefficient (Wildman–Crippen LogP) is 1.72. The number of nitrogens with one attached hydrogen (secondary N) is 1. The van der Waals surface area contributed by atoms with Crippen LogP contribution in [0.5, 0.6) is 0 Å². The van der Waals surface area contributed by atoms with Gasteiger partial charge in [0.15, 0.2) is 0 Å². The SMILES string of the molecule is CCc1cnc(C)nc1C1CSCCN1. The van der Waals surface area contributed by atoms with Gasteiger partial charge in [-0.1, -0.05) is 6.92 Å². The molecule has 1 aliphatic rings. The highest BCUT2D eigenvalue weighted by Gasteiger charge is 2.19. The number of aryl methyl sites for hydroxylation is 2. The van der Waals surface area contributed by atoms with E-state index in [2.05, 4.69) is 22.2 Å². The largest absolute Gasteiger partial charge is 0.307 e. The molecule has 0 aromatic carbocycles. The summed E-state index contributed by atoms with van der Waals surface area (Å²) in [6.07, 6.45) is 2.98. The van der Waals surface area contributed by atoms with Gasteiger partial charge in [-0.15, -0.1) is 0 Å². The van der Waals surface area contributed by atoms with Crippen molar-refractivity contribution in [3.8, 4) is 0 Å². The molecule has 0 spiro atoms. The van der Waals surface area contributed by atoms with E-state index in [-0.39, 0.29) is 0 Å².